The molecule has 0 aliphatic heterocycles. The van der Waals surface area contributed by atoms with Crippen molar-refractivity contribution >= 4 is 34.6 Å². The normalized spacial score (nSPS) is 10.2. The number of hydrogen-bond donors (Lipinski definition) is 3. The molecule has 0 saturated carbocycles. The standard InChI is InChI=1S/C19H24N4O2/c1-4-23(5-2)15-9-7-14(8-10-15)21-18(24)19(25)22-17-11-6-13(3)12-16(17)20/h6-12H,4-5,20H2,1-3H3,(H,21,24)(H,22,25). The molecule has 2 aromatic carbocycles. The van der Waals surface area contributed by atoms with Gasteiger partial charge in [0.25, 0.3) is 0 Å². The number of hydrogen-bond acceptors (Lipinski definition) is 4. The summed E-state index contributed by atoms with van der Waals surface area (Å²) in [5, 5.41) is 5.11. The molecule has 2 amide bonds. The van der Waals surface area contributed by atoms with E-state index in [2.05, 4.69) is 29.4 Å². The van der Waals surface area contributed by atoms with Crippen molar-refractivity contribution in [2.45, 2.75) is 20.8 Å². The van der Waals surface area contributed by atoms with E-state index in [1.165, 1.54) is 0 Å². The molecular formula is C19H24N4O2. The van der Waals surface area contributed by atoms with Crippen LogP contribution in [0.4, 0.5) is 22.7 Å². The minimum absolute atomic E-state index is 0.419. The van der Waals surface area contributed by atoms with Crippen LogP contribution in [0.2, 0.25) is 0 Å². The van der Waals surface area contributed by atoms with Gasteiger partial charge in [-0.25, -0.2) is 0 Å². The number of aryl methyl sites for hydroxylation is 1. The van der Waals surface area contributed by atoms with Crippen LogP contribution in [0.1, 0.15) is 19.4 Å². The van der Waals surface area contributed by atoms with Crippen molar-refractivity contribution in [1.29, 1.82) is 0 Å². The van der Waals surface area contributed by atoms with Gasteiger partial charge in [-0.05, 0) is 62.7 Å². The predicted molar refractivity (Wildman–Crippen MR) is 103 cm³/mol. The van der Waals surface area contributed by atoms with Crippen molar-refractivity contribution in [3.63, 3.8) is 0 Å². The van der Waals surface area contributed by atoms with Crippen LogP contribution in [0.3, 0.4) is 0 Å². The first-order valence-corrected chi connectivity index (χ1v) is 8.28. The summed E-state index contributed by atoms with van der Waals surface area (Å²) in [5.74, 6) is -1.50. The molecule has 0 spiro atoms. The third-order valence-electron chi connectivity index (χ3n) is 3.92. The lowest BCUT2D eigenvalue weighted by atomic mass is 10.2. The number of rotatable bonds is 5. The van der Waals surface area contributed by atoms with E-state index in [4.69, 9.17) is 5.73 Å². The molecule has 25 heavy (non-hydrogen) atoms. The fourth-order valence-electron chi connectivity index (χ4n) is 2.51. The van der Waals surface area contributed by atoms with E-state index in [1.807, 2.05) is 25.1 Å². The smallest absolute Gasteiger partial charge is 0.314 e. The highest BCUT2D eigenvalue weighted by Crippen LogP contribution is 2.20. The van der Waals surface area contributed by atoms with Gasteiger partial charge in [0, 0.05) is 24.5 Å². The lowest BCUT2D eigenvalue weighted by molar-refractivity contribution is -0.132. The number of benzene rings is 2. The maximum Gasteiger partial charge on any atom is 0.314 e. The molecule has 6 nitrogen and oxygen atoms in total. The molecule has 2 rings (SSSR count). The molecule has 0 atom stereocenters. The molecule has 0 fully saturated rings. The van der Waals surface area contributed by atoms with E-state index >= 15 is 0 Å². The molecule has 0 aromatic heterocycles. The second kappa shape index (κ2) is 8.19. The fraction of sp³-hybridized carbons (Fsp3) is 0.263. The maximum atomic E-state index is 12.1. The Morgan fingerprint density at radius 3 is 2.12 bits per heavy atom. The fourth-order valence-corrected chi connectivity index (χ4v) is 2.51. The summed E-state index contributed by atoms with van der Waals surface area (Å²) in [5.41, 5.74) is 9.29. The highest BCUT2D eigenvalue weighted by atomic mass is 16.2. The van der Waals surface area contributed by atoms with Crippen LogP contribution >= 0.6 is 0 Å². The molecule has 0 unspecified atom stereocenters. The van der Waals surface area contributed by atoms with Gasteiger partial charge in [0.1, 0.15) is 0 Å². The molecule has 0 saturated heterocycles. The molecule has 2 aromatic rings. The van der Waals surface area contributed by atoms with Crippen LogP contribution in [0.25, 0.3) is 0 Å². The first-order chi connectivity index (χ1) is 11.9. The molecule has 0 aliphatic carbocycles. The third-order valence-corrected chi connectivity index (χ3v) is 3.92. The zero-order valence-corrected chi connectivity index (χ0v) is 14.8. The van der Waals surface area contributed by atoms with Crippen LogP contribution in [0, 0.1) is 6.92 Å². The number of anilines is 4. The van der Waals surface area contributed by atoms with E-state index in [0.29, 0.717) is 17.1 Å². The van der Waals surface area contributed by atoms with Gasteiger partial charge in [0.05, 0.1) is 11.4 Å². The van der Waals surface area contributed by atoms with Crippen molar-refractivity contribution in [3.8, 4) is 0 Å². The number of nitrogens with two attached hydrogens (primary N) is 1. The van der Waals surface area contributed by atoms with Gasteiger partial charge in [-0.1, -0.05) is 6.07 Å². The van der Waals surface area contributed by atoms with E-state index < -0.39 is 11.8 Å². The molecule has 4 N–H and O–H groups in total. The minimum Gasteiger partial charge on any atom is -0.397 e. The van der Waals surface area contributed by atoms with E-state index in [9.17, 15) is 9.59 Å². The van der Waals surface area contributed by atoms with Crippen molar-refractivity contribution in [3.05, 3.63) is 48.0 Å². The quantitative estimate of drug-likeness (QED) is 0.577. The van der Waals surface area contributed by atoms with Crippen LogP contribution in [0.15, 0.2) is 42.5 Å². The molecule has 132 valence electrons. The Labute approximate surface area is 148 Å². The van der Waals surface area contributed by atoms with Gasteiger partial charge >= 0.3 is 11.8 Å². The van der Waals surface area contributed by atoms with Gasteiger partial charge in [-0.15, -0.1) is 0 Å². The average molecular weight is 340 g/mol. The summed E-state index contributed by atoms with van der Waals surface area (Å²) < 4.78 is 0. The average Bonchev–Trinajstić information content (AvgIpc) is 2.59. The molecule has 6 heteroatoms. The van der Waals surface area contributed by atoms with Crippen molar-refractivity contribution < 1.29 is 9.59 Å². The Hall–Kier alpha value is -3.02. The van der Waals surface area contributed by atoms with Crippen LogP contribution in [-0.2, 0) is 9.59 Å². The maximum absolute atomic E-state index is 12.1. The first-order valence-electron chi connectivity index (χ1n) is 8.28. The van der Waals surface area contributed by atoms with Crippen molar-refractivity contribution in [2.24, 2.45) is 0 Å². The van der Waals surface area contributed by atoms with Crippen LogP contribution in [0.5, 0.6) is 0 Å². The number of amides is 2. The number of nitrogen functional groups attached to an aromatic ring is 1. The summed E-state index contributed by atoms with van der Waals surface area (Å²) >= 11 is 0. The lowest BCUT2D eigenvalue weighted by Crippen LogP contribution is -2.29. The monoisotopic (exact) mass is 340 g/mol. The molecule has 0 aliphatic rings. The highest BCUT2D eigenvalue weighted by molar-refractivity contribution is 6.43. The van der Waals surface area contributed by atoms with Gasteiger partial charge in [0.15, 0.2) is 0 Å². The molecule has 0 bridgehead atoms. The number of nitrogens with one attached hydrogen (secondary N) is 2. The summed E-state index contributed by atoms with van der Waals surface area (Å²) in [7, 11) is 0. The van der Waals surface area contributed by atoms with Crippen molar-refractivity contribution in [1.82, 2.24) is 0 Å². The van der Waals surface area contributed by atoms with Gasteiger partial charge < -0.3 is 21.3 Å². The molecule has 0 heterocycles. The molecular weight excluding hydrogens is 316 g/mol. The summed E-state index contributed by atoms with van der Waals surface area (Å²) in [6, 6.07) is 12.6. The topological polar surface area (TPSA) is 87.5 Å². The Morgan fingerprint density at radius 1 is 0.960 bits per heavy atom. The van der Waals surface area contributed by atoms with Crippen LogP contribution < -0.4 is 21.3 Å². The predicted octanol–water partition coefficient (Wildman–Crippen LogP) is 3.00. The lowest BCUT2D eigenvalue weighted by Gasteiger charge is -2.21. The van der Waals surface area contributed by atoms with Gasteiger partial charge in [-0.3, -0.25) is 9.59 Å². The highest BCUT2D eigenvalue weighted by Gasteiger charge is 2.15. The van der Waals surface area contributed by atoms with E-state index in [0.717, 1.165) is 24.3 Å². The summed E-state index contributed by atoms with van der Waals surface area (Å²) in [6.45, 7) is 7.88. The van der Waals surface area contributed by atoms with Crippen molar-refractivity contribution in [2.75, 3.05) is 34.4 Å². The van der Waals surface area contributed by atoms with E-state index in [-0.39, 0.29) is 0 Å². The number of carbonyl (C=O) groups excluding carboxylic acids is 2. The summed E-state index contributed by atoms with van der Waals surface area (Å²) in [4.78, 5) is 26.3. The SMILES string of the molecule is CCN(CC)c1ccc(NC(=O)C(=O)Nc2ccc(C)cc2N)cc1. The Bertz CT molecular complexity index is 753. The largest absolute Gasteiger partial charge is 0.397 e. The van der Waals surface area contributed by atoms with Crippen LogP contribution in [-0.4, -0.2) is 24.9 Å². The minimum atomic E-state index is -0.761. The van der Waals surface area contributed by atoms with Gasteiger partial charge in [0.2, 0.25) is 0 Å². The summed E-state index contributed by atoms with van der Waals surface area (Å²) in [6.07, 6.45) is 0. The number of carbonyl (C=O) groups is 2. The third kappa shape index (κ3) is 4.73. The molecule has 0 radical (unpaired) electrons. The Balaban J connectivity index is 2.00. The number of nitrogens with zero attached hydrogens (tertiary/aromatic N) is 1. The first kappa shape index (κ1) is 18.3. The zero-order chi connectivity index (χ0) is 18.4. The Morgan fingerprint density at radius 2 is 1.56 bits per heavy atom. The van der Waals surface area contributed by atoms with Gasteiger partial charge in [-0.2, -0.15) is 0 Å². The second-order valence-electron chi connectivity index (χ2n) is 5.72. The second-order valence-corrected chi connectivity index (χ2v) is 5.72. The Kier molecular flexibility index (Phi) is 6.00. The zero-order valence-electron chi connectivity index (χ0n) is 14.8. The van der Waals surface area contributed by atoms with E-state index in [1.54, 1.807) is 24.3 Å².